The Kier molecular flexibility index (Phi) is 8.42. The van der Waals surface area contributed by atoms with Crippen LogP contribution < -0.4 is 15.4 Å². The van der Waals surface area contributed by atoms with E-state index < -0.39 is 6.09 Å². The molecule has 0 aliphatic rings. The minimum Gasteiger partial charge on any atom is -0.410 e. The first-order valence-electron chi connectivity index (χ1n) is 7.92. The number of unbranched alkanes of at least 4 members (excludes halogenated alkanes) is 1. The number of ketones is 1. The first kappa shape index (κ1) is 18.7. The van der Waals surface area contributed by atoms with E-state index in [1.165, 1.54) is 0 Å². The summed E-state index contributed by atoms with van der Waals surface area (Å²) in [5.74, 6) is -0.127. The summed E-state index contributed by atoms with van der Waals surface area (Å²) in [7, 11) is 0. The van der Waals surface area contributed by atoms with Gasteiger partial charge in [0, 0.05) is 24.7 Å². The van der Waals surface area contributed by atoms with Gasteiger partial charge in [0.05, 0.1) is 6.42 Å². The molecule has 0 spiro atoms. The maximum Gasteiger partial charge on any atom is 0.412 e. The molecule has 0 fully saturated rings. The van der Waals surface area contributed by atoms with Crippen molar-refractivity contribution in [2.75, 3.05) is 11.9 Å². The highest BCUT2D eigenvalue weighted by atomic mass is 16.6. The molecule has 1 aromatic carbocycles. The summed E-state index contributed by atoms with van der Waals surface area (Å²) in [6, 6.07) is 6.50. The summed E-state index contributed by atoms with van der Waals surface area (Å²) in [5, 5.41) is 5.26. The molecule has 2 amide bonds. The van der Waals surface area contributed by atoms with Crippen LogP contribution in [0.3, 0.4) is 0 Å². The van der Waals surface area contributed by atoms with E-state index in [0.29, 0.717) is 24.4 Å². The molecule has 126 valence electrons. The number of rotatable bonds is 9. The zero-order valence-electron chi connectivity index (χ0n) is 13.7. The van der Waals surface area contributed by atoms with Crippen molar-refractivity contribution in [3.05, 3.63) is 24.3 Å². The predicted molar refractivity (Wildman–Crippen MR) is 88.5 cm³/mol. The molecule has 0 unspecified atom stereocenters. The Balaban J connectivity index is 2.51. The van der Waals surface area contributed by atoms with Crippen LogP contribution in [-0.2, 0) is 9.59 Å². The van der Waals surface area contributed by atoms with E-state index in [-0.39, 0.29) is 18.1 Å². The van der Waals surface area contributed by atoms with E-state index >= 15 is 0 Å². The molecule has 23 heavy (non-hydrogen) atoms. The first-order valence-corrected chi connectivity index (χ1v) is 7.92. The molecule has 0 radical (unpaired) electrons. The van der Waals surface area contributed by atoms with Gasteiger partial charge in [0.2, 0.25) is 5.91 Å². The Morgan fingerprint density at radius 2 is 1.91 bits per heavy atom. The average molecular weight is 320 g/mol. The van der Waals surface area contributed by atoms with E-state index in [0.717, 1.165) is 19.3 Å². The fourth-order valence-electron chi connectivity index (χ4n) is 1.90. The van der Waals surface area contributed by atoms with Gasteiger partial charge in [-0.1, -0.05) is 26.3 Å². The average Bonchev–Trinajstić information content (AvgIpc) is 2.47. The van der Waals surface area contributed by atoms with Crippen molar-refractivity contribution in [3.63, 3.8) is 0 Å². The molecule has 0 atom stereocenters. The summed E-state index contributed by atoms with van der Waals surface area (Å²) >= 11 is 0. The Morgan fingerprint density at radius 3 is 2.61 bits per heavy atom. The second-order valence-electron chi connectivity index (χ2n) is 5.21. The number of Topliss-reactive ketones (excluding diaryl/α,β-unsaturated/α-hetero) is 1. The lowest BCUT2D eigenvalue weighted by atomic mass is 10.1. The van der Waals surface area contributed by atoms with Crippen LogP contribution in [0.15, 0.2) is 24.3 Å². The molecular formula is C17H24N2O4. The number of hydrogen-bond donors (Lipinski definition) is 2. The first-order chi connectivity index (χ1) is 11.0. The van der Waals surface area contributed by atoms with E-state index in [1.54, 1.807) is 24.3 Å². The van der Waals surface area contributed by atoms with Crippen LogP contribution >= 0.6 is 0 Å². The summed E-state index contributed by atoms with van der Waals surface area (Å²) < 4.78 is 5.13. The lowest BCUT2D eigenvalue weighted by Crippen LogP contribution is -2.27. The van der Waals surface area contributed by atoms with Crippen molar-refractivity contribution >= 4 is 23.5 Å². The van der Waals surface area contributed by atoms with Gasteiger partial charge < -0.3 is 15.4 Å². The van der Waals surface area contributed by atoms with Gasteiger partial charge in [-0.3, -0.25) is 9.59 Å². The van der Waals surface area contributed by atoms with Gasteiger partial charge in [-0.2, -0.15) is 0 Å². The van der Waals surface area contributed by atoms with Gasteiger partial charge in [0.15, 0.2) is 0 Å². The van der Waals surface area contributed by atoms with Crippen molar-refractivity contribution in [1.82, 2.24) is 5.32 Å². The van der Waals surface area contributed by atoms with Gasteiger partial charge >= 0.3 is 6.09 Å². The third-order valence-corrected chi connectivity index (χ3v) is 3.01. The third kappa shape index (κ3) is 7.99. The van der Waals surface area contributed by atoms with Crippen LogP contribution in [0.5, 0.6) is 5.75 Å². The third-order valence-electron chi connectivity index (χ3n) is 3.01. The summed E-state index contributed by atoms with van der Waals surface area (Å²) in [6.45, 7) is 4.48. The molecule has 0 saturated carbocycles. The zero-order chi connectivity index (χ0) is 17.1. The van der Waals surface area contributed by atoms with Crippen molar-refractivity contribution in [1.29, 1.82) is 0 Å². The highest BCUT2D eigenvalue weighted by molar-refractivity contribution is 6.04. The molecule has 6 heteroatoms. The van der Waals surface area contributed by atoms with Gasteiger partial charge in [-0.05, 0) is 25.0 Å². The Hall–Kier alpha value is -2.37. The van der Waals surface area contributed by atoms with Crippen LogP contribution in [-0.4, -0.2) is 24.3 Å². The van der Waals surface area contributed by atoms with Crippen molar-refractivity contribution < 1.29 is 19.1 Å². The molecule has 0 aliphatic heterocycles. The van der Waals surface area contributed by atoms with Crippen LogP contribution in [0, 0.1) is 0 Å². The summed E-state index contributed by atoms with van der Waals surface area (Å²) in [6.07, 6.45) is 2.32. The number of nitrogens with one attached hydrogen (secondary N) is 2. The number of amides is 2. The number of anilines is 1. The predicted octanol–water partition coefficient (Wildman–Crippen LogP) is 3.27. The quantitative estimate of drug-likeness (QED) is 0.540. The number of hydrogen-bond acceptors (Lipinski definition) is 4. The molecule has 0 aliphatic carbocycles. The van der Waals surface area contributed by atoms with Crippen LogP contribution in [0.4, 0.5) is 10.5 Å². The molecule has 6 nitrogen and oxygen atoms in total. The number of ether oxygens (including phenoxy) is 1. The molecular weight excluding hydrogens is 296 g/mol. The number of benzene rings is 1. The van der Waals surface area contributed by atoms with Gasteiger partial charge in [0.1, 0.15) is 11.5 Å². The fraction of sp³-hybridized carbons (Fsp3) is 0.471. The highest BCUT2D eigenvalue weighted by Crippen LogP contribution is 2.17. The van der Waals surface area contributed by atoms with Gasteiger partial charge in [0.25, 0.3) is 0 Å². The maximum atomic E-state index is 11.8. The summed E-state index contributed by atoms with van der Waals surface area (Å²) in [4.78, 5) is 34.8. The van der Waals surface area contributed by atoms with E-state index in [9.17, 15) is 14.4 Å². The lowest BCUT2D eigenvalue weighted by molar-refractivity contribution is -0.125. The SMILES string of the molecule is CCCCNC(=O)Oc1cccc(NC(=O)CC(=O)CCC)c1. The topological polar surface area (TPSA) is 84.5 Å². The Bertz CT molecular complexity index is 543. The normalized spacial score (nSPS) is 10.0. The number of carbonyl (C=O) groups is 3. The Morgan fingerprint density at radius 1 is 1.13 bits per heavy atom. The standard InChI is InChI=1S/C17H24N2O4/c1-3-5-10-18-17(22)23-15-9-6-8-13(11-15)19-16(21)12-14(20)7-4-2/h6,8-9,11H,3-5,7,10,12H2,1-2H3,(H,18,22)(H,19,21). The zero-order valence-corrected chi connectivity index (χ0v) is 13.7. The minimum absolute atomic E-state index is 0.0901. The van der Waals surface area contributed by atoms with E-state index in [2.05, 4.69) is 10.6 Å². The van der Waals surface area contributed by atoms with Crippen molar-refractivity contribution in [3.8, 4) is 5.75 Å². The molecule has 0 saturated heterocycles. The molecule has 1 aromatic rings. The van der Waals surface area contributed by atoms with E-state index in [1.807, 2.05) is 13.8 Å². The van der Waals surface area contributed by atoms with Crippen LogP contribution in [0.2, 0.25) is 0 Å². The molecule has 0 heterocycles. The monoisotopic (exact) mass is 320 g/mol. The summed E-state index contributed by atoms with van der Waals surface area (Å²) in [5.41, 5.74) is 0.484. The second kappa shape index (κ2) is 10.4. The van der Waals surface area contributed by atoms with Crippen molar-refractivity contribution in [2.24, 2.45) is 0 Å². The number of carbonyl (C=O) groups excluding carboxylic acids is 3. The maximum absolute atomic E-state index is 11.8. The molecule has 0 aromatic heterocycles. The second-order valence-corrected chi connectivity index (χ2v) is 5.21. The largest absolute Gasteiger partial charge is 0.412 e. The molecule has 0 bridgehead atoms. The van der Waals surface area contributed by atoms with E-state index in [4.69, 9.17) is 4.74 Å². The lowest BCUT2D eigenvalue weighted by Gasteiger charge is -2.08. The van der Waals surface area contributed by atoms with Crippen molar-refractivity contribution in [2.45, 2.75) is 46.0 Å². The highest BCUT2D eigenvalue weighted by Gasteiger charge is 2.10. The molecule has 2 N–H and O–H groups in total. The van der Waals surface area contributed by atoms with Gasteiger partial charge in [-0.25, -0.2) is 4.79 Å². The fourth-order valence-corrected chi connectivity index (χ4v) is 1.90. The van der Waals surface area contributed by atoms with Crippen LogP contribution in [0.25, 0.3) is 0 Å². The Labute approximate surface area is 136 Å². The van der Waals surface area contributed by atoms with Gasteiger partial charge in [-0.15, -0.1) is 0 Å². The molecule has 1 rings (SSSR count). The minimum atomic E-state index is -0.528. The van der Waals surface area contributed by atoms with Crippen LogP contribution in [0.1, 0.15) is 46.0 Å². The smallest absolute Gasteiger partial charge is 0.410 e.